The van der Waals surface area contributed by atoms with E-state index in [4.69, 9.17) is 11.6 Å². The largest absolute Gasteiger partial charge is 0.481 e. The maximum Gasteiger partial charge on any atom is 0.312 e. The first-order valence-corrected chi connectivity index (χ1v) is 6.49. The van der Waals surface area contributed by atoms with Gasteiger partial charge in [0.15, 0.2) is 0 Å². The van der Waals surface area contributed by atoms with Gasteiger partial charge in [-0.05, 0) is 49.4 Å². The first-order valence-electron chi connectivity index (χ1n) is 6.11. The van der Waals surface area contributed by atoms with Crippen molar-refractivity contribution in [3.63, 3.8) is 0 Å². The van der Waals surface area contributed by atoms with Crippen LogP contribution in [0.2, 0.25) is 5.02 Å². The fraction of sp³-hybridized carbons (Fsp3) is 0.357. The fourth-order valence-electron chi connectivity index (χ4n) is 2.84. The standard InChI is InChI=1S/C14H14ClNO2/c1-7-5-10-8-3-2-4-9(14(17)18)13(8)16-12(10)6-11(7)15/h5-6,9,16H,2-4H2,1H3,(H,17,18). The monoisotopic (exact) mass is 263 g/mol. The van der Waals surface area contributed by atoms with Crippen LogP contribution >= 0.6 is 11.6 Å². The summed E-state index contributed by atoms with van der Waals surface area (Å²) in [6.45, 7) is 1.97. The number of aromatic amines is 1. The topological polar surface area (TPSA) is 53.1 Å². The number of hydrogen-bond donors (Lipinski definition) is 2. The number of nitrogens with one attached hydrogen (secondary N) is 1. The molecule has 3 nitrogen and oxygen atoms in total. The lowest BCUT2D eigenvalue weighted by Gasteiger charge is -2.18. The highest BCUT2D eigenvalue weighted by molar-refractivity contribution is 6.32. The van der Waals surface area contributed by atoms with Crippen LogP contribution in [0.5, 0.6) is 0 Å². The molecule has 94 valence electrons. The van der Waals surface area contributed by atoms with Crippen LogP contribution in [0, 0.1) is 6.92 Å². The summed E-state index contributed by atoms with van der Waals surface area (Å²) in [6, 6.07) is 3.95. The van der Waals surface area contributed by atoms with Crippen molar-refractivity contribution in [2.45, 2.75) is 32.1 Å². The summed E-state index contributed by atoms with van der Waals surface area (Å²) in [5.41, 5.74) is 4.00. The van der Waals surface area contributed by atoms with Gasteiger partial charge in [0.2, 0.25) is 0 Å². The Balaban J connectivity index is 2.27. The second-order valence-electron chi connectivity index (χ2n) is 4.95. The maximum absolute atomic E-state index is 11.3. The number of halogens is 1. The molecule has 4 heteroatoms. The molecule has 0 fully saturated rings. The van der Waals surface area contributed by atoms with Crippen molar-refractivity contribution in [3.05, 3.63) is 34.0 Å². The molecular formula is C14H14ClNO2. The van der Waals surface area contributed by atoms with Crippen LogP contribution in [0.25, 0.3) is 10.9 Å². The summed E-state index contributed by atoms with van der Waals surface area (Å²) >= 11 is 6.11. The van der Waals surface area contributed by atoms with E-state index in [1.807, 2.05) is 13.0 Å². The summed E-state index contributed by atoms with van der Waals surface area (Å²) in [4.78, 5) is 14.5. The Morgan fingerprint density at radius 1 is 1.50 bits per heavy atom. The van der Waals surface area contributed by atoms with Crippen LogP contribution in [0.3, 0.4) is 0 Å². The van der Waals surface area contributed by atoms with Crippen molar-refractivity contribution in [3.8, 4) is 0 Å². The molecule has 1 aromatic carbocycles. The first-order chi connectivity index (χ1) is 8.58. The van der Waals surface area contributed by atoms with E-state index in [-0.39, 0.29) is 0 Å². The van der Waals surface area contributed by atoms with Gasteiger partial charge in [-0.1, -0.05) is 11.6 Å². The second kappa shape index (κ2) is 4.02. The Morgan fingerprint density at radius 3 is 3.00 bits per heavy atom. The lowest BCUT2D eigenvalue weighted by atomic mass is 9.87. The quantitative estimate of drug-likeness (QED) is 0.825. The number of rotatable bonds is 1. The number of hydrogen-bond acceptors (Lipinski definition) is 1. The van der Waals surface area contributed by atoms with Crippen molar-refractivity contribution >= 4 is 28.5 Å². The molecule has 1 aliphatic carbocycles. The van der Waals surface area contributed by atoms with E-state index in [9.17, 15) is 9.90 Å². The lowest BCUT2D eigenvalue weighted by Crippen LogP contribution is -2.17. The van der Waals surface area contributed by atoms with Gasteiger partial charge in [0.1, 0.15) is 0 Å². The average Bonchev–Trinajstić information content (AvgIpc) is 2.67. The van der Waals surface area contributed by atoms with Gasteiger partial charge in [0, 0.05) is 21.6 Å². The molecule has 0 saturated heterocycles. The first kappa shape index (κ1) is 11.6. The zero-order valence-electron chi connectivity index (χ0n) is 10.1. The van der Waals surface area contributed by atoms with Crippen molar-refractivity contribution in [2.75, 3.05) is 0 Å². The molecule has 0 radical (unpaired) electrons. The summed E-state index contributed by atoms with van der Waals surface area (Å²) in [7, 11) is 0. The summed E-state index contributed by atoms with van der Waals surface area (Å²) < 4.78 is 0. The molecule has 2 aromatic rings. The Hall–Kier alpha value is -1.48. The number of carboxylic acids is 1. The zero-order chi connectivity index (χ0) is 12.9. The predicted molar refractivity (Wildman–Crippen MR) is 71.4 cm³/mol. The zero-order valence-corrected chi connectivity index (χ0v) is 10.8. The molecule has 0 aliphatic heterocycles. The number of benzene rings is 1. The third-order valence-electron chi connectivity index (χ3n) is 3.78. The fourth-order valence-corrected chi connectivity index (χ4v) is 3.00. The van der Waals surface area contributed by atoms with Crippen molar-refractivity contribution < 1.29 is 9.90 Å². The van der Waals surface area contributed by atoms with Gasteiger partial charge in [-0.3, -0.25) is 4.79 Å². The van der Waals surface area contributed by atoms with Gasteiger partial charge in [-0.25, -0.2) is 0 Å². The number of H-pyrrole nitrogens is 1. The molecule has 0 amide bonds. The molecule has 18 heavy (non-hydrogen) atoms. The van der Waals surface area contributed by atoms with Crippen LogP contribution in [0.1, 0.15) is 35.6 Å². The number of aliphatic carboxylic acids is 1. The summed E-state index contributed by atoms with van der Waals surface area (Å²) in [6.07, 6.45) is 2.58. The van der Waals surface area contributed by atoms with E-state index >= 15 is 0 Å². The summed E-state index contributed by atoms with van der Waals surface area (Å²) in [5, 5.41) is 11.1. The predicted octanol–water partition coefficient (Wildman–Crippen LogP) is 3.63. The van der Waals surface area contributed by atoms with Gasteiger partial charge in [-0.15, -0.1) is 0 Å². The molecule has 1 unspecified atom stereocenters. The molecule has 2 N–H and O–H groups in total. The van der Waals surface area contributed by atoms with Gasteiger partial charge in [0.05, 0.1) is 5.92 Å². The van der Waals surface area contributed by atoms with E-state index in [1.165, 1.54) is 0 Å². The number of fused-ring (bicyclic) bond motifs is 3. The van der Waals surface area contributed by atoms with Gasteiger partial charge in [-0.2, -0.15) is 0 Å². The molecule has 1 atom stereocenters. The smallest absolute Gasteiger partial charge is 0.312 e. The van der Waals surface area contributed by atoms with Crippen LogP contribution in [0.15, 0.2) is 12.1 Å². The highest BCUT2D eigenvalue weighted by atomic mass is 35.5. The Morgan fingerprint density at radius 2 is 2.28 bits per heavy atom. The van der Waals surface area contributed by atoms with E-state index in [0.29, 0.717) is 11.4 Å². The van der Waals surface area contributed by atoms with Crippen LogP contribution in [-0.4, -0.2) is 16.1 Å². The van der Waals surface area contributed by atoms with Gasteiger partial charge in [0.25, 0.3) is 0 Å². The molecule has 0 spiro atoms. The van der Waals surface area contributed by atoms with Crippen molar-refractivity contribution in [2.24, 2.45) is 0 Å². The number of aromatic nitrogens is 1. The number of carbonyl (C=O) groups is 1. The van der Waals surface area contributed by atoms with Crippen molar-refractivity contribution in [1.82, 2.24) is 4.98 Å². The van der Waals surface area contributed by atoms with Gasteiger partial charge < -0.3 is 10.1 Å². The van der Waals surface area contributed by atoms with E-state index in [0.717, 1.165) is 40.6 Å². The Kier molecular flexibility index (Phi) is 2.59. The van der Waals surface area contributed by atoms with E-state index in [1.54, 1.807) is 0 Å². The number of carboxylic acid groups (broad SMARTS) is 1. The molecule has 3 rings (SSSR count). The lowest BCUT2D eigenvalue weighted by molar-refractivity contribution is -0.139. The van der Waals surface area contributed by atoms with Crippen molar-refractivity contribution in [1.29, 1.82) is 0 Å². The van der Waals surface area contributed by atoms with E-state index in [2.05, 4.69) is 11.1 Å². The van der Waals surface area contributed by atoms with Crippen LogP contribution in [-0.2, 0) is 11.2 Å². The maximum atomic E-state index is 11.3. The van der Waals surface area contributed by atoms with Crippen LogP contribution < -0.4 is 0 Å². The van der Waals surface area contributed by atoms with Gasteiger partial charge >= 0.3 is 5.97 Å². The number of aryl methyl sites for hydroxylation is 2. The molecule has 1 aromatic heterocycles. The minimum absolute atomic E-state index is 0.403. The highest BCUT2D eigenvalue weighted by Crippen LogP contribution is 2.37. The molecular weight excluding hydrogens is 250 g/mol. The Labute approximate surface area is 110 Å². The van der Waals surface area contributed by atoms with Crippen LogP contribution in [0.4, 0.5) is 0 Å². The SMILES string of the molecule is Cc1cc2c3c([nH]c2cc1Cl)C(C(=O)O)CCC3. The Bertz CT molecular complexity index is 645. The minimum Gasteiger partial charge on any atom is -0.481 e. The molecule has 1 heterocycles. The third-order valence-corrected chi connectivity index (χ3v) is 4.19. The molecule has 0 saturated carbocycles. The molecule has 0 bridgehead atoms. The normalized spacial score (nSPS) is 18.9. The average molecular weight is 264 g/mol. The molecule has 1 aliphatic rings. The minimum atomic E-state index is -0.745. The van der Waals surface area contributed by atoms with E-state index < -0.39 is 11.9 Å². The second-order valence-corrected chi connectivity index (χ2v) is 5.35. The highest BCUT2D eigenvalue weighted by Gasteiger charge is 2.29. The summed E-state index contributed by atoms with van der Waals surface area (Å²) in [5.74, 6) is -1.15. The third kappa shape index (κ3) is 1.62.